The third kappa shape index (κ3) is 2.86. The third-order valence-corrected chi connectivity index (χ3v) is 3.70. The van der Waals surface area contributed by atoms with Crippen molar-refractivity contribution in [1.29, 1.82) is 0 Å². The molecule has 0 saturated carbocycles. The average Bonchev–Trinajstić information content (AvgIpc) is 2.65. The minimum atomic E-state index is -0.337. The normalized spacial score (nSPS) is 16.6. The lowest BCUT2D eigenvalue weighted by molar-refractivity contribution is -0.384. The van der Waals surface area contributed by atoms with Crippen LogP contribution < -0.4 is 10.2 Å². The molecule has 1 aromatic rings. The van der Waals surface area contributed by atoms with Crippen molar-refractivity contribution in [3.05, 3.63) is 15.8 Å². The molecule has 0 amide bonds. The molecule has 1 aromatic heterocycles. The monoisotopic (exact) mass is 267 g/mol. The molecule has 0 radical (unpaired) electrons. The van der Waals surface area contributed by atoms with Crippen LogP contribution in [0, 0.1) is 23.0 Å². The van der Waals surface area contributed by atoms with Gasteiger partial charge in [0.05, 0.1) is 4.92 Å². The number of hydrogen-bond acceptors (Lipinski definition) is 5. The number of aryl methyl sites for hydroxylation is 2. The topological polar surface area (TPSA) is 76.2 Å². The minimum Gasteiger partial charge on any atom is -0.354 e. The molecule has 0 aliphatic carbocycles. The fraction of sp³-hybridized carbons (Fsp3) is 0.750. The highest BCUT2D eigenvalue weighted by Crippen LogP contribution is 2.31. The van der Waals surface area contributed by atoms with Gasteiger partial charge in [0.1, 0.15) is 5.69 Å². The van der Waals surface area contributed by atoms with Gasteiger partial charge >= 0.3 is 5.69 Å². The second kappa shape index (κ2) is 5.56. The summed E-state index contributed by atoms with van der Waals surface area (Å²) in [5.41, 5.74) is 0.596. The molecule has 1 saturated heterocycles. The fourth-order valence-electron chi connectivity index (χ4n) is 2.81. The molecule has 0 spiro atoms. The van der Waals surface area contributed by atoms with Crippen LogP contribution in [0.2, 0.25) is 0 Å². The third-order valence-electron chi connectivity index (χ3n) is 3.70. The zero-order chi connectivity index (χ0) is 14.0. The number of nitrogens with one attached hydrogen (secondary N) is 1. The number of nitro groups is 1. The molecule has 1 aliphatic rings. The average molecular weight is 267 g/mol. The van der Waals surface area contributed by atoms with Crippen molar-refractivity contribution >= 4 is 11.5 Å². The Morgan fingerprint density at radius 2 is 2.16 bits per heavy atom. The van der Waals surface area contributed by atoms with E-state index in [2.05, 4.69) is 10.4 Å². The molecule has 1 aliphatic heterocycles. The van der Waals surface area contributed by atoms with Crippen LogP contribution in [-0.2, 0) is 7.05 Å². The molecule has 0 aromatic carbocycles. The van der Waals surface area contributed by atoms with E-state index in [1.165, 1.54) is 0 Å². The smallest absolute Gasteiger partial charge is 0.333 e. The standard InChI is InChI=1S/C12H21N5O2/c1-9-11(17(18)19)12(16(3)14-9)15(2)8-10-4-6-13-7-5-10/h10,13H,4-8H2,1-3H3. The highest BCUT2D eigenvalue weighted by molar-refractivity contribution is 5.60. The first kappa shape index (κ1) is 13.8. The molecule has 19 heavy (non-hydrogen) atoms. The van der Waals surface area contributed by atoms with Gasteiger partial charge in [0, 0.05) is 20.6 Å². The second-order valence-electron chi connectivity index (χ2n) is 5.21. The first-order valence-electron chi connectivity index (χ1n) is 6.60. The summed E-state index contributed by atoms with van der Waals surface area (Å²) in [4.78, 5) is 12.8. The lowest BCUT2D eigenvalue weighted by atomic mass is 9.98. The van der Waals surface area contributed by atoms with Crippen LogP contribution in [0.3, 0.4) is 0 Å². The Labute approximate surface area is 112 Å². The minimum absolute atomic E-state index is 0.124. The van der Waals surface area contributed by atoms with Crippen molar-refractivity contribution < 1.29 is 4.92 Å². The first-order valence-corrected chi connectivity index (χ1v) is 6.60. The summed E-state index contributed by atoms with van der Waals surface area (Å²) in [5.74, 6) is 1.18. The van der Waals surface area contributed by atoms with Gasteiger partial charge in [-0.3, -0.25) is 10.1 Å². The Kier molecular flexibility index (Phi) is 4.04. The molecule has 0 bridgehead atoms. The molecule has 2 rings (SSSR count). The summed E-state index contributed by atoms with van der Waals surface area (Å²) in [6, 6.07) is 0. The van der Waals surface area contributed by atoms with Gasteiger partial charge in [-0.25, -0.2) is 4.68 Å². The molecule has 7 nitrogen and oxygen atoms in total. The Morgan fingerprint density at radius 3 is 2.74 bits per heavy atom. The van der Waals surface area contributed by atoms with Gasteiger partial charge in [-0.2, -0.15) is 5.10 Å². The molecule has 1 N–H and O–H groups in total. The maximum Gasteiger partial charge on any atom is 0.333 e. The predicted octanol–water partition coefficient (Wildman–Crippen LogP) is 1.07. The van der Waals surface area contributed by atoms with E-state index in [-0.39, 0.29) is 10.6 Å². The van der Waals surface area contributed by atoms with Crippen molar-refractivity contribution in [2.75, 3.05) is 31.6 Å². The summed E-state index contributed by atoms with van der Waals surface area (Å²) in [6.45, 7) is 4.58. The van der Waals surface area contributed by atoms with Gasteiger partial charge in [-0.15, -0.1) is 0 Å². The number of rotatable bonds is 4. The van der Waals surface area contributed by atoms with Crippen molar-refractivity contribution in [2.45, 2.75) is 19.8 Å². The maximum atomic E-state index is 11.2. The summed E-state index contributed by atoms with van der Waals surface area (Å²) >= 11 is 0. The van der Waals surface area contributed by atoms with Gasteiger partial charge in [0.25, 0.3) is 0 Å². The lowest BCUT2D eigenvalue weighted by Gasteiger charge is -2.28. The van der Waals surface area contributed by atoms with Crippen LogP contribution in [0.4, 0.5) is 11.5 Å². The zero-order valence-electron chi connectivity index (χ0n) is 11.7. The number of piperidine rings is 1. The summed E-state index contributed by atoms with van der Waals surface area (Å²) in [7, 11) is 3.67. The summed E-state index contributed by atoms with van der Waals surface area (Å²) in [5, 5.41) is 18.7. The Hall–Kier alpha value is -1.63. The van der Waals surface area contributed by atoms with Crippen LogP contribution >= 0.6 is 0 Å². The van der Waals surface area contributed by atoms with E-state index in [1.54, 1.807) is 18.7 Å². The van der Waals surface area contributed by atoms with Crippen molar-refractivity contribution in [2.24, 2.45) is 13.0 Å². The van der Waals surface area contributed by atoms with Gasteiger partial charge in [-0.1, -0.05) is 0 Å². The molecule has 0 atom stereocenters. The summed E-state index contributed by atoms with van der Waals surface area (Å²) in [6.07, 6.45) is 2.24. The molecule has 2 heterocycles. The molecule has 0 unspecified atom stereocenters. The van der Waals surface area contributed by atoms with Gasteiger partial charge < -0.3 is 10.2 Å². The van der Waals surface area contributed by atoms with E-state index in [0.717, 1.165) is 32.5 Å². The second-order valence-corrected chi connectivity index (χ2v) is 5.21. The Bertz CT molecular complexity index is 465. The number of hydrogen-bond donors (Lipinski definition) is 1. The SMILES string of the molecule is Cc1nn(C)c(N(C)CC2CCNCC2)c1[N+](=O)[O-]. The van der Waals surface area contributed by atoms with Crippen LogP contribution in [-0.4, -0.2) is 41.4 Å². The highest BCUT2D eigenvalue weighted by Gasteiger charge is 2.28. The number of aromatic nitrogens is 2. The van der Waals surface area contributed by atoms with Crippen molar-refractivity contribution in [3.8, 4) is 0 Å². The highest BCUT2D eigenvalue weighted by atomic mass is 16.6. The van der Waals surface area contributed by atoms with E-state index in [0.29, 0.717) is 17.4 Å². The van der Waals surface area contributed by atoms with Crippen LogP contribution in [0.5, 0.6) is 0 Å². The predicted molar refractivity (Wildman–Crippen MR) is 73.5 cm³/mol. The molecule has 1 fully saturated rings. The van der Waals surface area contributed by atoms with Gasteiger partial charge in [0.2, 0.25) is 5.82 Å². The van der Waals surface area contributed by atoms with Crippen LogP contribution in [0.15, 0.2) is 0 Å². The maximum absolute atomic E-state index is 11.2. The fourth-order valence-corrected chi connectivity index (χ4v) is 2.81. The van der Waals surface area contributed by atoms with E-state index in [9.17, 15) is 10.1 Å². The molecule has 106 valence electrons. The molecular weight excluding hydrogens is 246 g/mol. The van der Waals surface area contributed by atoms with Crippen LogP contribution in [0.1, 0.15) is 18.5 Å². The van der Waals surface area contributed by atoms with E-state index < -0.39 is 0 Å². The Balaban J connectivity index is 2.18. The quantitative estimate of drug-likeness (QED) is 0.652. The van der Waals surface area contributed by atoms with Crippen molar-refractivity contribution in [3.63, 3.8) is 0 Å². The van der Waals surface area contributed by atoms with E-state index in [1.807, 2.05) is 11.9 Å². The van der Waals surface area contributed by atoms with Gasteiger partial charge in [0.15, 0.2) is 0 Å². The first-order chi connectivity index (χ1) is 9.00. The number of nitrogens with zero attached hydrogens (tertiary/aromatic N) is 4. The van der Waals surface area contributed by atoms with E-state index in [4.69, 9.17) is 0 Å². The largest absolute Gasteiger partial charge is 0.354 e. The molecule has 7 heteroatoms. The van der Waals surface area contributed by atoms with Gasteiger partial charge in [-0.05, 0) is 38.8 Å². The number of anilines is 1. The zero-order valence-corrected chi connectivity index (χ0v) is 11.7. The Morgan fingerprint density at radius 1 is 1.53 bits per heavy atom. The van der Waals surface area contributed by atoms with Crippen molar-refractivity contribution in [1.82, 2.24) is 15.1 Å². The lowest BCUT2D eigenvalue weighted by Crippen LogP contribution is -2.35. The molecular formula is C12H21N5O2. The summed E-state index contributed by atoms with van der Waals surface area (Å²) < 4.78 is 1.61. The van der Waals surface area contributed by atoms with Crippen LogP contribution in [0.25, 0.3) is 0 Å². The van der Waals surface area contributed by atoms with E-state index >= 15 is 0 Å².